The average molecular weight is 516 g/mol. The topological polar surface area (TPSA) is 117 Å². The molecule has 1 atom stereocenters. The number of imidazole rings is 2. The van der Waals surface area contributed by atoms with E-state index in [1.54, 1.807) is 47.2 Å². The number of carbonyl (C=O) groups is 1. The minimum atomic E-state index is -4.15. The molecule has 37 heavy (non-hydrogen) atoms. The van der Waals surface area contributed by atoms with Crippen LogP contribution in [0.2, 0.25) is 0 Å². The van der Waals surface area contributed by atoms with Gasteiger partial charge in [-0.15, -0.1) is 0 Å². The fourth-order valence-electron chi connectivity index (χ4n) is 4.53. The highest BCUT2D eigenvalue weighted by Gasteiger charge is 2.43. The van der Waals surface area contributed by atoms with Crippen LogP contribution in [-0.2, 0) is 48.4 Å². The molecular formula is C26H25N7O3S. The number of nitrogens with zero attached hydrogens (tertiary/aromatic N) is 7. The highest BCUT2D eigenvalue weighted by Crippen LogP contribution is 2.34. The number of benzene rings is 2. The second kappa shape index (κ2) is 9.65. The zero-order chi connectivity index (χ0) is 26.2. The number of aryl methyl sites for hydroxylation is 2. The lowest BCUT2D eigenvalue weighted by atomic mass is 9.95. The number of carbonyl (C=O) groups excluding carboxylic acids is 1. The van der Waals surface area contributed by atoms with Gasteiger partial charge in [-0.3, -0.25) is 4.79 Å². The molecule has 1 amide bonds. The molecule has 1 unspecified atom stereocenters. The van der Waals surface area contributed by atoms with E-state index in [0.717, 1.165) is 16.8 Å². The van der Waals surface area contributed by atoms with Crippen molar-refractivity contribution < 1.29 is 13.2 Å². The van der Waals surface area contributed by atoms with Crippen LogP contribution in [0, 0.1) is 11.3 Å². The first-order valence-corrected chi connectivity index (χ1v) is 13.1. The highest BCUT2D eigenvalue weighted by molar-refractivity contribution is 7.89. The predicted molar refractivity (Wildman–Crippen MR) is 135 cm³/mol. The van der Waals surface area contributed by atoms with E-state index in [4.69, 9.17) is 0 Å². The Morgan fingerprint density at radius 3 is 2.57 bits per heavy atom. The lowest BCUT2D eigenvalue weighted by Gasteiger charge is -2.38. The standard InChI is InChI=1S/C26H25N7O3S/c1-30-16-25(29-18-30)37(35,36)33(14-19-6-4-3-5-7-19)24-11-21-10-20(12-27)8-9-23(21)32(26(24)34)15-22-13-28-17-31(22)2/h3-10,13,16-18,24H,11,14-15H2,1-2H3. The van der Waals surface area contributed by atoms with Crippen molar-refractivity contribution >= 4 is 21.6 Å². The van der Waals surface area contributed by atoms with Crippen LogP contribution in [0.25, 0.3) is 0 Å². The molecule has 0 saturated carbocycles. The molecular weight excluding hydrogens is 490 g/mol. The van der Waals surface area contributed by atoms with Gasteiger partial charge in [0, 0.05) is 45.1 Å². The van der Waals surface area contributed by atoms with E-state index < -0.39 is 16.1 Å². The summed E-state index contributed by atoms with van der Waals surface area (Å²) in [6.07, 6.45) is 6.29. The molecule has 1 aliphatic rings. The van der Waals surface area contributed by atoms with E-state index in [0.29, 0.717) is 11.3 Å². The van der Waals surface area contributed by atoms with Gasteiger partial charge in [0.25, 0.3) is 10.0 Å². The van der Waals surface area contributed by atoms with Crippen LogP contribution in [-0.4, -0.2) is 43.8 Å². The summed E-state index contributed by atoms with van der Waals surface area (Å²) in [5.41, 5.74) is 3.34. The van der Waals surface area contributed by atoms with Crippen molar-refractivity contribution in [3.05, 3.63) is 96.0 Å². The lowest BCUT2D eigenvalue weighted by Crippen LogP contribution is -2.54. The number of anilines is 1. The Morgan fingerprint density at radius 2 is 1.92 bits per heavy atom. The first kappa shape index (κ1) is 24.4. The quantitative estimate of drug-likeness (QED) is 0.373. The van der Waals surface area contributed by atoms with Gasteiger partial charge in [0.2, 0.25) is 5.91 Å². The van der Waals surface area contributed by atoms with Gasteiger partial charge in [-0.25, -0.2) is 18.4 Å². The Kier molecular flexibility index (Phi) is 6.37. The second-order valence-corrected chi connectivity index (χ2v) is 10.8. The summed E-state index contributed by atoms with van der Waals surface area (Å²) in [4.78, 5) is 23.9. The van der Waals surface area contributed by atoms with Crippen LogP contribution in [0.15, 0.2) is 78.6 Å². The maximum Gasteiger partial charge on any atom is 0.263 e. The predicted octanol–water partition coefficient (Wildman–Crippen LogP) is 2.37. The molecule has 1 aliphatic heterocycles. The third kappa shape index (κ3) is 4.64. The lowest BCUT2D eigenvalue weighted by molar-refractivity contribution is -0.123. The molecule has 4 aromatic rings. The van der Waals surface area contributed by atoms with Gasteiger partial charge in [-0.05, 0) is 29.3 Å². The molecule has 0 N–H and O–H groups in total. The maximum atomic E-state index is 14.1. The summed E-state index contributed by atoms with van der Waals surface area (Å²) in [6.45, 7) is 0.191. The van der Waals surface area contributed by atoms with Gasteiger partial charge in [0.15, 0.2) is 5.03 Å². The maximum absolute atomic E-state index is 14.1. The van der Waals surface area contributed by atoms with Crippen molar-refractivity contribution in [1.82, 2.24) is 23.4 Å². The number of nitriles is 1. The normalized spacial score (nSPS) is 15.6. The SMILES string of the molecule is Cn1cnc(S(=O)(=O)N(Cc2ccccc2)C2Cc3cc(C#N)ccc3N(Cc3cncn3C)C2=O)c1. The number of aromatic nitrogens is 4. The van der Waals surface area contributed by atoms with Gasteiger partial charge >= 0.3 is 0 Å². The molecule has 0 aliphatic carbocycles. The molecule has 0 bridgehead atoms. The van der Waals surface area contributed by atoms with Crippen LogP contribution in [0.4, 0.5) is 5.69 Å². The molecule has 11 heteroatoms. The number of hydrogen-bond acceptors (Lipinski definition) is 6. The first-order chi connectivity index (χ1) is 17.8. The number of sulfonamides is 1. The van der Waals surface area contributed by atoms with Gasteiger partial charge in [-0.1, -0.05) is 30.3 Å². The van der Waals surface area contributed by atoms with E-state index in [2.05, 4.69) is 16.0 Å². The molecule has 5 rings (SSSR count). The summed E-state index contributed by atoms with van der Waals surface area (Å²) in [5.74, 6) is -0.353. The van der Waals surface area contributed by atoms with Gasteiger partial charge < -0.3 is 14.0 Å². The van der Waals surface area contributed by atoms with E-state index in [9.17, 15) is 18.5 Å². The smallest absolute Gasteiger partial charge is 0.263 e. The summed E-state index contributed by atoms with van der Waals surface area (Å²) >= 11 is 0. The third-order valence-corrected chi connectivity index (χ3v) is 8.22. The fraction of sp³-hybridized carbons (Fsp3) is 0.231. The van der Waals surface area contributed by atoms with E-state index in [1.807, 2.05) is 41.9 Å². The number of rotatable bonds is 7. The monoisotopic (exact) mass is 515 g/mol. The van der Waals surface area contributed by atoms with Crippen LogP contribution >= 0.6 is 0 Å². The third-order valence-electron chi connectivity index (χ3n) is 6.48. The van der Waals surface area contributed by atoms with Crippen LogP contribution in [0.3, 0.4) is 0 Å². The number of amides is 1. The fourth-order valence-corrected chi connectivity index (χ4v) is 6.07. The number of hydrogen-bond donors (Lipinski definition) is 0. The van der Waals surface area contributed by atoms with E-state index in [1.165, 1.54) is 16.8 Å². The summed E-state index contributed by atoms with van der Waals surface area (Å²) in [7, 11) is -0.628. The Hall–Kier alpha value is -4.27. The van der Waals surface area contributed by atoms with Gasteiger partial charge in [0.05, 0.1) is 36.5 Å². The Morgan fingerprint density at radius 1 is 1.14 bits per heavy atom. The van der Waals surface area contributed by atoms with Crippen LogP contribution in [0.5, 0.6) is 0 Å². The highest BCUT2D eigenvalue weighted by atomic mass is 32.2. The van der Waals surface area contributed by atoms with Crippen LogP contribution in [0.1, 0.15) is 22.4 Å². The summed E-state index contributed by atoms with van der Waals surface area (Å²) in [5, 5.41) is 9.36. The molecule has 2 aromatic carbocycles. The molecule has 0 radical (unpaired) electrons. The largest absolute Gasteiger partial charge is 0.339 e. The molecule has 188 valence electrons. The van der Waals surface area contributed by atoms with Crippen molar-refractivity contribution in [2.24, 2.45) is 14.1 Å². The number of fused-ring (bicyclic) bond motifs is 1. The van der Waals surface area contributed by atoms with Crippen molar-refractivity contribution in [3.63, 3.8) is 0 Å². The minimum absolute atomic E-state index is 0.0109. The Balaban J connectivity index is 1.63. The Labute approximate surface area is 215 Å². The zero-order valence-corrected chi connectivity index (χ0v) is 21.2. The Bertz CT molecular complexity index is 1600. The second-order valence-electron chi connectivity index (χ2n) is 9.01. The molecule has 0 spiro atoms. The van der Waals surface area contributed by atoms with Crippen molar-refractivity contribution in [3.8, 4) is 6.07 Å². The van der Waals surface area contributed by atoms with Gasteiger partial charge in [0.1, 0.15) is 6.04 Å². The van der Waals surface area contributed by atoms with E-state index >= 15 is 0 Å². The van der Waals surface area contributed by atoms with Crippen molar-refractivity contribution in [2.45, 2.75) is 30.6 Å². The average Bonchev–Trinajstić information content (AvgIpc) is 3.52. The van der Waals surface area contributed by atoms with Crippen molar-refractivity contribution in [1.29, 1.82) is 5.26 Å². The minimum Gasteiger partial charge on any atom is -0.339 e. The molecule has 0 fully saturated rings. The summed E-state index contributed by atoms with van der Waals surface area (Å²) in [6, 6.07) is 15.4. The molecule has 10 nitrogen and oxygen atoms in total. The summed E-state index contributed by atoms with van der Waals surface area (Å²) < 4.78 is 32.4. The first-order valence-electron chi connectivity index (χ1n) is 11.6. The van der Waals surface area contributed by atoms with Gasteiger partial charge in [-0.2, -0.15) is 9.57 Å². The van der Waals surface area contributed by atoms with E-state index in [-0.39, 0.29) is 30.4 Å². The van der Waals surface area contributed by atoms with Crippen molar-refractivity contribution in [2.75, 3.05) is 4.90 Å². The molecule has 2 aromatic heterocycles. The molecule has 3 heterocycles. The van der Waals surface area contributed by atoms with Crippen LogP contribution < -0.4 is 4.90 Å². The zero-order valence-electron chi connectivity index (χ0n) is 20.4. The molecule has 0 saturated heterocycles.